The Labute approximate surface area is 91.1 Å². The van der Waals surface area contributed by atoms with E-state index in [1.54, 1.807) is 14.2 Å². The van der Waals surface area contributed by atoms with Gasteiger partial charge in [-0.15, -0.1) is 0 Å². The molecule has 0 aliphatic rings. The van der Waals surface area contributed by atoms with Crippen LogP contribution in [-0.4, -0.2) is 47.2 Å². The SMILES string of the molecule is CCC(COC)(COC)COC(=O)NC. The first-order valence-corrected chi connectivity index (χ1v) is 4.96. The van der Waals surface area contributed by atoms with Gasteiger partial charge in [-0.1, -0.05) is 6.92 Å². The first kappa shape index (κ1) is 14.2. The Bertz CT molecular complexity index is 178. The van der Waals surface area contributed by atoms with Gasteiger partial charge in [-0.05, 0) is 6.42 Å². The van der Waals surface area contributed by atoms with Crippen LogP contribution in [0.1, 0.15) is 13.3 Å². The van der Waals surface area contributed by atoms with Gasteiger partial charge >= 0.3 is 6.09 Å². The number of hydrogen-bond acceptors (Lipinski definition) is 4. The molecule has 0 saturated carbocycles. The lowest BCUT2D eigenvalue weighted by Crippen LogP contribution is -2.38. The molecule has 0 heterocycles. The monoisotopic (exact) mass is 219 g/mol. The van der Waals surface area contributed by atoms with Gasteiger partial charge in [0.05, 0.1) is 18.6 Å². The van der Waals surface area contributed by atoms with E-state index in [1.807, 2.05) is 6.92 Å². The number of nitrogens with one attached hydrogen (secondary N) is 1. The maximum atomic E-state index is 11.0. The van der Waals surface area contributed by atoms with Crippen molar-refractivity contribution >= 4 is 6.09 Å². The first-order chi connectivity index (χ1) is 7.14. The average molecular weight is 219 g/mol. The van der Waals surface area contributed by atoms with Crippen molar-refractivity contribution in [3.8, 4) is 0 Å². The van der Waals surface area contributed by atoms with Crippen molar-refractivity contribution in [2.24, 2.45) is 5.41 Å². The van der Waals surface area contributed by atoms with Crippen LogP contribution in [0.4, 0.5) is 4.79 Å². The van der Waals surface area contributed by atoms with E-state index in [1.165, 1.54) is 7.05 Å². The van der Waals surface area contributed by atoms with Crippen molar-refractivity contribution in [2.45, 2.75) is 13.3 Å². The van der Waals surface area contributed by atoms with Crippen LogP contribution >= 0.6 is 0 Å². The van der Waals surface area contributed by atoms with E-state index < -0.39 is 6.09 Å². The molecule has 0 unspecified atom stereocenters. The molecule has 1 amide bonds. The van der Waals surface area contributed by atoms with Gasteiger partial charge in [-0.3, -0.25) is 0 Å². The zero-order valence-corrected chi connectivity index (χ0v) is 9.96. The zero-order valence-electron chi connectivity index (χ0n) is 9.96. The van der Waals surface area contributed by atoms with Crippen molar-refractivity contribution in [2.75, 3.05) is 41.1 Å². The van der Waals surface area contributed by atoms with Crippen LogP contribution in [0.15, 0.2) is 0 Å². The molecule has 0 saturated heterocycles. The van der Waals surface area contributed by atoms with Gasteiger partial charge in [-0.25, -0.2) is 4.79 Å². The Morgan fingerprint density at radius 3 is 2.07 bits per heavy atom. The molecule has 90 valence electrons. The topological polar surface area (TPSA) is 56.8 Å². The van der Waals surface area contributed by atoms with Gasteiger partial charge in [0.15, 0.2) is 0 Å². The number of carbonyl (C=O) groups excluding carboxylic acids is 1. The Morgan fingerprint density at radius 1 is 1.20 bits per heavy atom. The van der Waals surface area contributed by atoms with Gasteiger partial charge in [0, 0.05) is 21.3 Å². The van der Waals surface area contributed by atoms with Gasteiger partial charge in [-0.2, -0.15) is 0 Å². The molecule has 0 aromatic rings. The van der Waals surface area contributed by atoms with Crippen molar-refractivity contribution < 1.29 is 19.0 Å². The lowest BCUT2D eigenvalue weighted by Gasteiger charge is -2.30. The first-order valence-electron chi connectivity index (χ1n) is 4.96. The number of hydrogen-bond donors (Lipinski definition) is 1. The summed E-state index contributed by atoms with van der Waals surface area (Å²) in [5, 5.41) is 2.40. The minimum atomic E-state index is -0.431. The molecule has 0 rings (SSSR count). The number of methoxy groups -OCH3 is 2. The molecule has 0 aliphatic heterocycles. The van der Waals surface area contributed by atoms with Crippen molar-refractivity contribution in [3.05, 3.63) is 0 Å². The summed E-state index contributed by atoms with van der Waals surface area (Å²) in [4.78, 5) is 11.0. The van der Waals surface area contributed by atoms with Crippen molar-refractivity contribution in [1.29, 1.82) is 0 Å². The van der Waals surface area contributed by atoms with Crippen molar-refractivity contribution in [1.82, 2.24) is 5.32 Å². The molecule has 5 heteroatoms. The summed E-state index contributed by atoms with van der Waals surface area (Å²) in [6.45, 7) is 3.33. The van der Waals surface area contributed by atoms with Crippen LogP contribution in [0.3, 0.4) is 0 Å². The summed E-state index contributed by atoms with van der Waals surface area (Å²) >= 11 is 0. The minimum Gasteiger partial charge on any atom is -0.449 e. The maximum absolute atomic E-state index is 11.0. The van der Waals surface area contributed by atoms with Crippen LogP contribution in [0.25, 0.3) is 0 Å². The van der Waals surface area contributed by atoms with Crippen LogP contribution in [-0.2, 0) is 14.2 Å². The highest BCUT2D eigenvalue weighted by Crippen LogP contribution is 2.23. The Balaban J connectivity index is 4.26. The zero-order chi connectivity index (χ0) is 11.7. The van der Waals surface area contributed by atoms with Gasteiger partial charge in [0.2, 0.25) is 0 Å². The quantitative estimate of drug-likeness (QED) is 0.695. The summed E-state index contributed by atoms with van der Waals surface area (Å²) < 4.78 is 15.3. The number of alkyl carbamates (subject to hydrolysis) is 1. The summed E-state index contributed by atoms with van der Waals surface area (Å²) in [7, 11) is 4.78. The Morgan fingerprint density at radius 2 is 1.73 bits per heavy atom. The molecule has 0 aromatic heterocycles. The smallest absolute Gasteiger partial charge is 0.406 e. The molecule has 0 spiro atoms. The van der Waals surface area contributed by atoms with Crippen LogP contribution in [0.2, 0.25) is 0 Å². The molecule has 0 bridgehead atoms. The van der Waals surface area contributed by atoms with Gasteiger partial charge in [0.25, 0.3) is 0 Å². The Hall–Kier alpha value is -0.810. The molecule has 0 fully saturated rings. The van der Waals surface area contributed by atoms with Gasteiger partial charge in [0.1, 0.15) is 6.61 Å². The van der Waals surface area contributed by atoms with E-state index >= 15 is 0 Å². The lowest BCUT2D eigenvalue weighted by atomic mass is 9.88. The fourth-order valence-corrected chi connectivity index (χ4v) is 1.33. The van der Waals surface area contributed by atoms with E-state index in [0.29, 0.717) is 19.8 Å². The second-order valence-electron chi connectivity index (χ2n) is 3.55. The molecular weight excluding hydrogens is 198 g/mol. The summed E-state index contributed by atoms with van der Waals surface area (Å²) in [6.07, 6.45) is 0.395. The lowest BCUT2D eigenvalue weighted by molar-refractivity contribution is -0.0325. The van der Waals surface area contributed by atoms with E-state index in [2.05, 4.69) is 5.32 Å². The largest absolute Gasteiger partial charge is 0.449 e. The number of amides is 1. The van der Waals surface area contributed by atoms with Gasteiger partial charge < -0.3 is 19.5 Å². The van der Waals surface area contributed by atoms with Crippen LogP contribution < -0.4 is 5.32 Å². The Kier molecular flexibility index (Phi) is 7.07. The number of ether oxygens (including phenoxy) is 3. The summed E-state index contributed by atoms with van der Waals surface area (Å²) in [5.41, 5.74) is -0.254. The summed E-state index contributed by atoms with van der Waals surface area (Å²) in [6, 6.07) is 0. The molecular formula is C10H21NO4. The number of rotatable bonds is 7. The second-order valence-corrected chi connectivity index (χ2v) is 3.55. The third-order valence-electron chi connectivity index (χ3n) is 2.36. The number of carbonyl (C=O) groups is 1. The fraction of sp³-hybridized carbons (Fsp3) is 0.900. The average Bonchev–Trinajstić information content (AvgIpc) is 2.26. The molecule has 0 atom stereocenters. The van der Waals surface area contributed by atoms with Crippen LogP contribution in [0.5, 0.6) is 0 Å². The summed E-state index contributed by atoms with van der Waals surface area (Å²) in [5.74, 6) is 0. The normalized spacial score (nSPS) is 11.2. The third-order valence-corrected chi connectivity index (χ3v) is 2.36. The molecule has 0 radical (unpaired) electrons. The molecule has 15 heavy (non-hydrogen) atoms. The highest BCUT2D eigenvalue weighted by Gasteiger charge is 2.30. The second kappa shape index (κ2) is 7.48. The predicted molar refractivity (Wildman–Crippen MR) is 56.9 cm³/mol. The van der Waals surface area contributed by atoms with E-state index in [4.69, 9.17) is 14.2 Å². The predicted octanol–water partition coefficient (Wildman–Crippen LogP) is 1.03. The standard InChI is InChI=1S/C10H21NO4/c1-5-10(6-13-3,7-14-4)8-15-9(12)11-2/h5-8H2,1-4H3,(H,11,12). The minimum absolute atomic E-state index is 0.254. The van der Waals surface area contributed by atoms with Crippen LogP contribution in [0, 0.1) is 5.41 Å². The molecule has 0 aromatic carbocycles. The molecule has 5 nitrogen and oxygen atoms in total. The molecule has 1 N–H and O–H groups in total. The van der Waals surface area contributed by atoms with E-state index in [0.717, 1.165) is 6.42 Å². The third kappa shape index (κ3) is 4.99. The highest BCUT2D eigenvalue weighted by atomic mass is 16.6. The van der Waals surface area contributed by atoms with Crippen molar-refractivity contribution in [3.63, 3.8) is 0 Å². The molecule has 0 aliphatic carbocycles. The van der Waals surface area contributed by atoms with E-state index in [9.17, 15) is 4.79 Å². The fourth-order valence-electron chi connectivity index (χ4n) is 1.33. The highest BCUT2D eigenvalue weighted by molar-refractivity contribution is 5.66. The maximum Gasteiger partial charge on any atom is 0.406 e. The van der Waals surface area contributed by atoms with E-state index in [-0.39, 0.29) is 5.41 Å².